The van der Waals surface area contributed by atoms with Crippen molar-refractivity contribution in [3.05, 3.63) is 0 Å². The first kappa shape index (κ1) is 12.5. The van der Waals surface area contributed by atoms with Crippen molar-refractivity contribution in [2.45, 2.75) is 57.5 Å². The fraction of sp³-hybridized carbons (Fsp3) is 0.933. The van der Waals surface area contributed by atoms with Gasteiger partial charge in [0.1, 0.15) is 0 Å². The highest BCUT2D eigenvalue weighted by Crippen LogP contribution is 2.49. The first-order valence-corrected chi connectivity index (χ1v) is 7.65. The Kier molecular flexibility index (Phi) is 3.35. The Balaban J connectivity index is 1.54. The Hall–Kier alpha value is -0.570. The van der Waals surface area contributed by atoms with E-state index in [1.165, 1.54) is 25.7 Å². The third-order valence-corrected chi connectivity index (χ3v) is 5.63. The van der Waals surface area contributed by atoms with Gasteiger partial charge in [-0.2, -0.15) is 0 Å². The molecule has 3 heteroatoms. The largest absolute Gasteiger partial charge is 0.352 e. The summed E-state index contributed by atoms with van der Waals surface area (Å²) in [6.07, 6.45) is 7.82. The molecule has 1 saturated heterocycles. The van der Waals surface area contributed by atoms with Gasteiger partial charge in [-0.05, 0) is 70.4 Å². The average molecular weight is 250 g/mol. The number of hydrogen-bond acceptors (Lipinski definition) is 2. The molecule has 0 aromatic rings. The predicted octanol–water partition coefficient (Wildman–Crippen LogP) is 2.02. The van der Waals surface area contributed by atoms with E-state index < -0.39 is 0 Å². The van der Waals surface area contributed by atoms with Crippen LogP contribution in [0.2, 0.25) is 0 Å². The highest BCUT2D eigenvalue weighted by Gasteiger charge is 2.42. The Labute approximate surface area is 110 Å². The van der Waals surface area contributed by atoms with Gasteiger partial charge in [-0.15, -0.1) is 0 Å². The molecule has 1 N–H and O–H groups in total. The topological polar surface area (TPSA) is 32.3 Å². The molecule has 1 amide bonds. The molecule has 2 aliphatic carbocycles. The van der Waals surface area contributed by atoms with E-state index in [0.29, 0.717) is 6.04 Å². The van der Waals surface area contributed by atoms with Crippen molar-refractivity contribution in [2.24, 2.45) is 17.8 Å². The smallest absolute Gasteiger partial charge is 0.237 e. The third kappa shape index (κ3) is 2.18. The first-order valence-electron chi connectivity index (χ1n) is 7.65. The highest BCUT2D eigenvalue weighted by molar-refractivity contribution is 5.82. The molecule has 3 nitrogen and oxygen atoms in total. The van der Waals surface area contributed by atoms with Crippen LogP contribution in [-0.4, -0.2) is 36.5 Å². The molecule has 5 atom stereocenters. The molecular formula is C15H26N2O. The molecule has 102 valence electrons. The van der Waals surface area contributed by atoms with Crippen molar-refractivity contribution in [2.75, 3.05) is 13.6 Å². The van der Waals surface area contributed by atoms with Crippen molar-refractivity contribution in [1.29, 1.82) is 0 Å². The monoisotopic (exact) mass is 250 g/mol. The van der Waals surface area contributed by atoms with Crippen LogP contribution in [-0.2, 0) is 4.79 Å². The summed E-state index contributed by atoms with van der Waals surface area (Å²) in [7, 11) is 2.07. The van der Waals surface area contributed by atoms with E-state index in [1.807, 2.05) is 0 Å². The van der Waals surface area contributed by atoms with Gasteiger partial charge in [0.15, 0.2) is 0 Å². The van der Waals surface area contributed by atoms with Gasteiger partial charge in [-0.3, -0.25) is 9.69 Å². The molecule has 2 bridgehead atoms. The fourth-order valence-corrected chi connectivity index (χ4v) is 4.58. The Morgan fingerprint density at radius 2 is 2.11 bits per heavy atom. The number of carbonyl (C=O) groups excluding carboxylic acids is 1. The standard InChI is InChI=1S/C15H26N2O/c1-10(13-9-11-5-6-12(13)8-11)16-15(18)14-4-3-7-17(14)2/h10-14H,3-9H2,1-2H3,(H,16,18)/t10-,11-,12-,13+,14-/m0/s1. The molecule has 1 aliphatic heterocycles. The minimum absolute atomic E-state index is 0.131. The summed E-state index contributed by atoms with van der Waals surface area (Å²) in [5.41, 5.74) is 0. The van der Waals surface area contributed by atoms with Gasteiger partial charge >= 0.3 is 0 Å². The van der Waals surface area contributed by atoms with Crippen molar-refractivity contribution < 1.29 is 4.79 Å². The zero-order chi connectivity index (χ0) is 12.7. The number of amides is 1. The lowest BCUT2D eigenvalue weighted by Gasteiger charge is -2.30. The summed E-state index contributed by atoms with van der Waals surface area (Å²) in [5, 5.41) is 3.30. The van der Waals surface area contributed by atoms with E-state index in [1.54, 1.807) is 0 Å². The third-order valence-electron chi connectivity index (χ3n) is 5.63. The van der Waals surface area contributed by atoms with Gasteiger partial charge in [0.25, 0.3) is 0 Å². The number of nitrogens with zero attached hydrogens (tertiary/aromatic N) is 1. The fourth-order valence-electron chi connectivity index (χ4n) is 4.58. The zero-order valence-corrected chi connectivity index (χ0v) is 11.7. The predicted molar refractivity (Wildman–Crippen MR) is 72.2 cm³/mol. The van der Waals surface area contributed by atoms with Crippen LogP contribution in [0.1, 0.15) is 45.4 Å². The van der Waals surface area contributed by atoms with Gasteiger partial charge in [-0.1, -0.05) is 6.42 Å². The van der Waals surface area contributed by atoms with E-state index in [2.05, 4.69) is 24.2 Å². The number of fused-ring (bicyclic) bond motifs is 2. The van der Waals surface area contributed by atoms with Crippen LogP contribution in [0.25, 0.3) is 0 Å². The lowest BCUT2D eigenvalue weighted by atomic mass is 9.84. The van der Waals surface area contributed by atoms with Crippen molar-refractivity contribution in [1.82, 2.24) is 10.2 Å². The number of rotatable bonds is 3. The maximum atomic E-state index is 12.3. The van der Waals surface area contributed by atoms with Crippen LogP contribution in [0.5, 0.6) is 0 Å². The van der Waals surface area contributed by atoms with Gasteiger partial charge in [0.05, 0.1) is 6.04 Å². The Morgan fingerprint density at radius 3 is 2.67 bits per heavy atom. The molecule has 0 unspecified atom stereocenters. The van der Waals surface area contributed by atoms with Gasteiger partial charge in [-0.25, -0.2) is 0 Å². The highest BCUT2D eigenvalue weighted by atomic mass is 16.2. The van der Waals surface area contributed by atoms with Crippen LogP contribution >= 0.6 is 0 Å². The quantitative estimate of drug-likeness (QED) is 0.831. The van der Waals surface area contributed by atoms with Gasteiger partial charge in [0.2, 0.25) is 5.91 Å². The minimum Gasteiger partial charge on any atom is -0.352 e. The molecule has 3 rings (SSSR count). The lowest BCUT2D eigenvalue weighted by molar-refractivity contribution is -0.126. The van der Waals surface area contributed by atoms with Gasteiger partial charge in [0, 0.05) is 6.04 Å². The van der Waals surface area contributed by atoms with E-state index >= 15 is 0 Å². The second-order valence-electron chi connectivity index (χ2n) is 6.77. The minimum atomic E-state index is 0.131. The van der Waals surface area contributed by atoms with Crippen molar-refractivity contribution in [3.63, 3.8) is 0 Å². The summed E-state index contributed by atoms with van der Waals surface area (Å²) >= 11 is 0. The zero-order valence-electron chi connectivity index (χ0n) is 11.7. The first-order chi connectivity index (χ1) is 8.65. The summed E-state index contributed by atoms with van der Waals surface area (Å²) in [6, 6.07) is 0.507. The van der Waals surface area contributed by atoms with Crippen LogP contribution in [0.15, 0.2) is 0 Å². The molecule has 2 saturated carbocycles. The van der Waals surface area contributed by atoms with Crippen LogP contribution in [0, 0.1) is 17.8 Å². The summed E-state index contributed by atoms with van der Waals surface area (Å²) in [5.74, 6) is 2.88. The maximum Gasteiger partial charge on any atom is 0.237 e. The molecule has 0 radical (unpaired) electrons. The van der Waals surface area contributed by atoms with Crippen molar-refractivity contribution >= 4 is 5.91 Å². The summed E-state index contributed by atoms with van der Waals surface area (Å²) < 4.78 is 0. The van der Waals surface area contributed by atoms with Crippen LogP contribution in [0.4, 0.5) is 0 Å². The number of hydrogen-bond donors (Lipinski definition) is 1. The van der Waals surface area contributed by atoms with E-state index in [4.69, 9.17) is 0 Å². The molecule has 3 fully saturated rings. The van der Waals surface area contributed by atoms with E-state index in [0.717, 1.165) is 37.1 Å². The molecular weight excluding hydrogens is 224 g/mol. The summed E-state index contributed by atoms with van der Waals surface area (Å²) in [6.45, 7) is 3.29. The number of nitrogens with one attached hydrogen (secondary N) is 1. The average Bonchev–Trinajstić information content (AvgIpc) is 3.03. The molecule has 3 aliphatic rings. The number of likely N-dealkylation sites (N-methyl/N-ethyl adjacent to an activating group) is 1. The lowest BCUT2D eigenvalue weighted by Crippen LogP contribution is -2.47. The second kappa shape index (κ2) is 4.84. The van der Waals surface area contributed by atoms with E-state index in [-0.39, 0.29) is 11.9 Å². The normalized spacial score (nSPS) is 41.2. The molecule has 0 aromatic heterocycles. The van der Waals surface area contributed by atoms with E-state index in [9.17, 15) is 4.79 Å². The molecule has 0 spiro atoms. The Bertz CT molecular complexity index is 330. The Morgan fingerprint density at radius 1 is 1.28 bits per heavy atom. The molecule has 0 aromatic carbocycles. The maximum absolute atomic E-state index is 12.3. The molecule has 1 heterocycles. The number of likely N-dealkylation sites (tertiary alicyclic amines) is 1. The van der Waals surface area contributed by atoms with Crippen LogP contribution < -0.4 is 5.32 Å². The van der Waals surface area contributed by atoms with Gasteiger partial charge < -0.3 is 5.32 Å². The van der Waals surface area contributed by atoms with Crippen LogP contribution in [0.3, 0.4) is 0 Å². The second-order valence-corrected chi connectivity index (χ2v) is 6.77. The number of carbonyl (C=O) groups is 1. The van der Waals surface area contributed by atoms with Crippen molar-refractivity contribution in [3.8, 4) is 0 Å². The summed E-state index contributed by atoms with van der Waals surface area (Å²) in [4.78, 5) is 14.5. The SMILES string of the molecule is C[C@H](NC(=O)[C@@H]1CCCN1C)[C@H]1C[C@H]2CC[C@H]1C2. The molecule has 18 heavy (non-hydrogen) atoms.